The topological polar surface area (TPSA) is 123 Å². The summed E-state index contributed by atoms with van der Waals surface area (Å²) in [4.78, 5) is 15.4. The molecule has 1 aromatic rings. The number of hydrogen-bond acceptors (Lipinski definition) is 6. The first-order valence-electron chi connectivity index (χ1n) is 7.72. The van der Waals surface area contributed by atoms with Gasteiger partial charge in [-0.1, -0.05) is 30.3 Å². The third-order valence-corrected chi connectivity index (χ3v) is 3.86. The van der Waals surface area contributed by atoms with Crippen LogP contribution in [0.3, 0.4) is 0 Å². The van der Waals surface area contributed by atoms with E-state index in [1.807, 2.05) is 30.3 Å². The summed E-state index contributed by atoms with van der Waals surface area (Å²) >= 11 is 0. The van der Waals surface area contributed by atoms with Crippen molar-refractivity contribution in [2.24, 2.45) is 16.5 Å². The van der Waals surface area contributed by atoms with Gasteiger partial charge in [0, 0.05) is 25.4 Å². The molecule has 0 aliphatic carbocycles. The van der Waals surface area contributed by atoms with Crippen molar-refractivity contribution in [3.05, 3.63) is 35.9 Å². The van der Waals surface area contributed by atoms with E-state index in [-0.39, 0.29) is 18.5 Å². The summed E-state index contributed by atoms with van der Waals surface area (Å²) in [5, 5.41) is 12.0. The molecular formula is C16H24N4O3. The van der Waals surface area contributed by atoms with Crippen LogP contribution in [0.4, 0.5) is 0 Å². The van der Waals surface area contributed by atoms with Crippen molar-refractivity contribution < 1.29 is 14.6 Å². The number of ether oxygens (including phenoxy) is 1. The van der Waals surface area contributed by atoms with E-state index in [1.165, 1.54) is 0 Å². The lowest BCUT2D eigenvalue weighted by Crippen LogP contribution is -2.42. The standard InChI is InChI=1S/C16H24N4O3/c17-13(16(21)22)9-19-8-12(11-4-2-1-3-5-11)14-10-23-7-6-15(18)20-14/h1-5,12-14,19H,6-10,17H2,(H2,18,20)(H,21,22)/t12?,13-,14?/m0/s1. The number of benzene rings is 1. The number of carboxylic acid groups (broad SMARTS) is 1. The Bertz CT molecular complexity index is 535. The first-order chi connectivity index (χ1) is 11.1. The number of amidine groups is 1. The predicted octanol–water partition coefficient (Wildman–Crippen LogP) is -0.0822. The van der Waals surface area contributed by atoms with Gasteiger partial charge in [0.25, 0.3) is 0 Å². The molecule has 126 valence electrons. The molecule has 0 amide bonds. The second kappa shape index (κ2) is 8.61. The van der Waals surface area contributed by atoms with Crippen molar-refractivity contribution in [3.8, 4) is 0 Å². The highest BCUT2D eigenvalue weighted by atomic mass is 16.5. The van der Waals surface area contributed by atoms with Crippen molar-refractivity contribution >= 4 is 11.8 Å². The molecule has 0 fully saturated rings. The van der Waals surface area contributed by atoms with Gasteiger partial charge < -0.3 is 26.6 Å². The number of aliphatic carboxylic acids is 1. The van der Waals surface area contributed by atoms with Crippen LogP contribution < -0.4 is 16.8 Å². The van der Waals surface area contributed by atoms with Crippen molar-refractivity contribution in [2.75, 3.05) is 26.3 Å². The molecule has 2 unspecified atom stereocenters. The highest BCUT2D eigenvalue weighted by Gasteiger charge is 2.25. The molecule has 23 heavy (non-hydrogen) atoms. The van der Waals surface area contributed by atoms with Gasteiger partial charge in [-0.25, -0.2) is 0 Å². The fraction of sp³-hybridized carbons (Fsp3) is 0.500. The monoisotopic (exact) mass is 320 g/mol. The molecule has 3 atom stereocenters. The summed E-state index contributed by atoms with van der Waals surface area (Å²) in [6, 6.07) is 8.92. The summed E-state index contributed by atoms with van der Waals surface area (Å²) in [5.41, 5.74) is 12.5. The molecule has 1 aromatic carbocycles. The van der Waals surface area contributed by atoms with Gasteiger partial charge >= 0.3 is 5.97 Å². The van der Waals surface area contributed by atoms with Crippen molar-refractivity contribution in [2.45, 2.75) is 24.4 Å². The first-order valence-corrected chi connectivity index (χ1v) is 7.72. The van der Waals surface area contributed by atoms with Gasteiger partial charge in [-0.15, -0.1) is 0 Å². The lowest BCUT2D eigenvalue weighted by atomic mass is 9.92. The average Bonchev–Trinajstić information content (AvgIpc) is 2.76. The predicted molar refractivity (Wildman–Crippen MR) is 88.5 cm³/mol. The lowest BCUT2D eigenvalue weighted by molar-refractivity contribution is -0.138. The number of nitrogens with two attached hydrogens (primary N) is 2. The van der Waals surface area contributed by atoms with Crippen LogP contribution in [0, 0.1) is 0 Å². The van der Waals surface area contributed by atoms with Gasteiger partial charge in [0.2, 0.25) is 0 Å². The summed E-state index contributed by atoms with van der Waals surface area (Å²) in [6.07, 6.45) is 0.634. The van der Waals surface area contributed by atoms with Gasteiger partial charge in [0.15, 0.2) is 0 Å². The molecule has 0 spiro atoms. The second-order valence-electron chi connectivity index (χ2n) is 5.63. The quantitative estimate of drug-likeness (QED) is 0.557. The fourth-order valence-corrected chi connectivity index (χ4v) is 2.56. The summed E-state index contributed by atoms with van der Waals surface area (Å²) in [5.74, 6) is -0.390. The van der Waals surface area contributed by atoms with E-state index in [2.05, 4.69) is 10.3 Å². The average molecular weight is 320 g/mol. The first kappa shape index (κ1) is 17.4. The number of aliphatic imine (C=N–C) groups is 1. The van der Waals surface area contributed by atoms with Gasteiger partial charge in [-0.2, -0.15) is 0 Å². The molecule has 1 aliphatic heterocycles. The number of hydrogen-bond donors (Lipinski definition) is 4. The maximum absolute atomic E-state index is 10.8. The molecule has 2 rings (SSSR count). The zero-order valence-corrected chi connectivity index (χ0v) is 13.0. The van der Waals surface area contributed by atoms with E-state index in [0.29, 0.717) is 32.0 Å². The molecule has 0 saturated carbocycles. The Kier molecular flexibility index (Phi) is 6.52. The van der Waals surface area contributed by atoms with Crippen molar-refractivity contribution in [1.82, 2.24) is 5.32 Å². The minimum Gasteiger partial charge on any atom is -0.480 e. The Labute approximate surface area is 135 Å². The molecule has 7 heteroatoms. The van der Waals surface area contributed by atoms with Crippen molar-refractivity contribution in [3.63, 3.8) is 0 Å². The summed E-state index contributed by atoms with van der Waals surface area (Å²) in [7, 11) is 0. The van der Waals surface area contributed by atoms with Crippen LogP contribution in [0.5, 0.6) is 0 Å². The Morgan fingerprint density at radius 2 is 2.13 bits per heavy atom. The minimum absolute atomic E-state index is 0.0360. The number of nitrogens with one attached hydrogen (secondary N) is 1. The van der Waals surface area contributed by atoms with Crippen LogP contribution in [-0.4, -0.2) is 55.3 Å². The fourth-order valence-electron chi connectivity index (χ4n) is 2.56. The number of nitrogens with zero attached hydrogens (tertiary/aromatic N) is 1. The number of rotatable bonds is 7. The van der Waals surface area contributed by atoms with E-state index < -0.39 is 12.0 Å². The smallest absolute Gasteiger partial charge is 0.321 e. The highest BCUT2D eigenvalue weighted by molar-refractivity contribution is 5.80. The highest BCUT2D eigenvalue weighted by Crippen LogP contribution is 2.23. The Balaban J connectivity index is 2.09. The molecule has 0 radical (unpaired) electrons. The van der Waals surface area contributed by atoms with Crippen LogP contribution in [0.25, 0.3) is 0 Å². The molecule has 6 N–H and O–H groups in total. The van der Waals surface area contributed by atoms with Crippen LogP contribution in [0.1, 0.15) is 17.9 Å². The maximum atomic E-state index is 10.8. The third kappa shape index (κ3) is 5.31. The number of carbonyl (C=O) groups is 1. The van der Waals surface area contributed by atoms with Gasteiger partial charge in [-0.05, 0) is 5.56 Å². The van der Waals surface area contributed by atoms with Crippen LogP contribution in [0.2, 0.25) is 0 Å². The third-order valence-electron chi connectivity index (χ3n) is 3.86. The second-order valence-corrected chi connectivity index (χ2v) is 5.63. The zero-order chi connectivity index (χ0) is 16.7. The molecule has 0 bridgehead atoms. The van der Waals surface area contributed by atoms with Crippen molar-refractivity contribution in [1.29, 1.82) is 0 Å². The van der Waals surface area contributed by atoms with Gasteiger partial charge in [0.1, 0.15) is 6.04 Å². The lowest BCUT2D eigenvalue weighted by Gasteiger charge is -2.25. The van der Waals surface area contributed by atoms with E-state index in [0.717, 1.165) is 5.56 Å². The normalized spacial score (nSPS) is 21.1. The van der Waals surface area contributed by atoms with E-state index in [9.17, 15) is 4.79 Å². The molecule has 0 saturated heterocycles. The molecule has 0 aromatic heterocycles. The Hall–Kier alpha value is -1.96. The van der Waals surface area contributed by atoms with Gasteiger partial charge in [-0.3, -0.25) is 9.79 Å². The molecule has 1 heterocycles. The minimum atomic E-state index is -1.02. The maximum Gasteiger partial charge on any atom is 0.321 e. The summed E-state index contributed by atoms with van der Waals surface area (Å²) in [6.45, 7) is 1.82. The molecule has 1 aliphatic rings. The van der Waals surface area contributed by atoms with Crippen LogP contribution >= 0.6 is 0 Å². The Morgan fingerprint density at radius 1 is 1.39 bits per heavy atom. The van der Waals surface area contributed by atoms with Crippen LogP contribution in [-0.2, 0) is 9.53 Å². The van der Waals surface area contributed by atoms with E-state index >= 15 is 0 Å². The van der Waals surface area contributed by atoms with E-state index in [4.69, 9.17) is 21.3 Å². The molecular weight excluding hydrogens is 296 g/mol. The Morgan fingerprint density at radius 3 is 2.83 bits per heavy atom. The SMILES string of the molecule is NC1=NC(C(CNC[C@H](N)C(=O)O)c2ccccc2)COCC1. The zero-order valence-electron chi connectivity index (χ0n) is 13.0. The van der Waals surface area contributed by atoms with Gasteiger partial charge in [0.05, 0.1) is 25.1 Å². The molecule has 7 nitrogen and oxygen atoms in total. The number of carboxylic acids is 1. The summed E-state index contributed by atoms with van der Waals surface area (Å²) < 4.78 is 5.60. The largest absolute Gasteiger partial charge is 0.480 e. The van der Waals surface area contributed by atoms with Crippen LogP contribution in [0.15, 0.2) is 35.3 Å². The van der Waals surface area contributed by atoms with E-state index in [1.54, 1.807) is 0 Å².